The monoisotopic (exact) mass is 385 g/mol. The Morgan fingerprint density at radius 1 is 1.40 bits per heavy atom. The maximum atomic E-state index is 12.1. The van der Waals surface area contributed by atoms with Crippen molar-refractivity contribution < 1.29 is 9.59 Å². The van der Waals surface area contributed by atoms with Gasteiger partial charge in [0, 0.05) is 25.7 Å². The van der Waals surface area contributed by atoms with Crippen molar-refractivity contribution >= 4 is 41.0 Å². The summed E-state index contributed by atoms with van der Waals surface area (Å²) in [6.45, 7) is 6.37. The van der Waals surface area contributed by atoms with Crippen LogP contribution in [0.15, 0.2) is 11.2 Å². The molecule has 0 bridgehead atoms. The summed E-state index contributed by atoms with van der Waals surface area (Å²) < 4.78 is 0. The average molecular weight is 386 g/mol. The smallest absolute Gasteiger partial charge is 0.242 e. The van der Waals surface area contributed by atoms with Gasteiger partial charge in [-0.2, -0.15) is 0 Å². The van der Waals surface area contributed by atoms with Crippen LogP contribution in [-0.4, -0.2) is 53.2 Å². The number of carbonyl (C=O) groups is 2. The van der Waals surface area contributed by atoms with Crippen molar-refractivity contribution in [2.45, 2.75) is 44.3 Å². The van der Waals surface area contributed by atoms with Crippen LogP contribution in [0.5, 0.6) is 0 Å². The standard InChI is InChI=1S/C16H24ClN5O2S/c1-3-22(4-2)13-9-12(17)20-16(21-13)25-10-14(23)19-11-7-5-6-8-18-15(11)24/h9,11H,3-8,10H2,1-2H3,(H,18,24)(H,19,23). The molecular formula is C16H24ClN5O2S. The van der Waals surface area contributed by atoms with E-state index >= 15 is 0 Å². The Morgan fingerprint density at radius 2 is 2.16 bits per heavy atom. The molecule has 0 spiro atoms. The van der Waals surface area contributed by atoms with Crippen molar-refractivity contribution in [2.75, 3.05) is 30.3 Å². The van der Waals surface area contributed by atoms with E-state index in [1.165, 1.54) is 11.8 Å². The molecule has 0 aliphatic carbocycles. The zero-order valence-corrected chi connectivity index (χ0v) is 16.1. The fourth-order valence-electron chi connectivity index (χ4n) is 2.60. The number of nitrogens with zero attached hydrogens (tertiary/aromatic N) is 3. The van der Waals surface area contributed by atoms with Crippen LogP contribution in [0.25, 0.3) is 0 Å². The molecule has 2 rings (SSSR count). The SMILES string of the molecule is CCN(CC)c1cc(Cl)nc(SCC(=O)NC2CCCCNC2=O)n1. The molecule has 25 heavy (non-hydrogen) atoms. The van der Waals surface area contributed by atoms with E-state index in [1.54, 1.807) is 6.07 Å². The van der Waals surface area contributed by atoms with E-state index < -0.39 is 6.04 Å². The zero-order valence-electron chi connectivity index (χ0n) is 14.5. The summed E-state index contributed by atoms with van der Waals surface area (Å²) in [5.74, 6) is 0.566. The van der Waals surface area contributed by atoms with Gasteiger partial charge >= 0.3 is 0 Å². The first-order chi connectivity index (χ1) is 12.0. The van der Waals surface area contributed by atoms with Crippen molar-refractivity contribution in [1.82, 2.24) is 20.6 Å². The molecule has 2 amide bonds. The quantitative estimate of drug-likeness (QED) is 0.423. The molecule has 1 fully saturated rings. The highest BCUT2D eigenvalue weighted by molar-refractivity contribution is 7.99. The molecule has 1 aliphatic rings. The summed E-state index contributed by atoms with van der Waals surface area (Å²) in [5, 5.41) is 6.39. The third-order valence-corrected chi connectivity index (χ3v) is 4.99. The topological polar surface area (TPSA) is 87.2 Å². The highest BCUT2D eigenvalue weighted by atomic mass is 35.5. The van der Waals surface area contributed by atoms with E-state index in [0.29, 0.717) is 23.3 Å². The van der Waals surface area contributed by atoms with Crippen molar-refractivity contribution in [3.8, 4) is 0 Å². The highest BCUT2D eigenvalue weighted by Gasteiger charge is 2.22. The van der Waals surface area contributed by atoms with Crippen molar-refractivity contribution in [3.63, 3.8) is 0 Å². The summed E-state index contributed by atoms with van der Waals surface area (Å²) in [6.07, 6.45) is 2.53. The average Bonchev–Trinajstić information content (AvgIpc) is 2.78. The molecule has 138 valence electrons. The largest absolute Gasteiger partial charge is 0.357 e. The Balaban J connectivity index is 1.93. The molecule has 1 atom stereocenters. The van der Waals surface area contributed by atoms with Crippen LogP contribution in [0.3, 0.4) is 0 Å². The molecule has 0 radical (unpaired) electrons. The van der Waals surface area contributed by atoms with Gasteiger partial charge in [-0.25, -0.2) is 9.97 Å². The number of hydrogen-bond donors (Lipinski definition) is 2. The lowest BCUT2D eigenvalue weighted by Crippen LogP contribution is -2.46. The molecule has 0 aromatic carbocycles. The molecule has 7 nitrogen and oxygen atoms in total. The number of carbonyl (C=O) groups excluding carboxylic acids is 2. The number of halogens is 1. The summed E-state index contributed by atoms with van der Waals surface area (Å²) in [4.78, 5) is 34.7. The number of aromatic nitrogens is 2. The number of amides is 2. The fraction of sp³-hybridized carbons (Fsp3) is 0.625. The lowest BCUT2D eigenvalue weighted by atomic mass is 10.1. The minimum absolute atomic E-state index is 0.112. The van der Waals surface area contributed by atoms with Gasteiger partial charge in [0.05, 0.1) is 5.75 Å². The molecule has 1 aliphatic heterocycles. The Bertz CT molecular complexity index is 612. The number of nitrogens with one attached hydrogen (secondary N) is 2. The van der Waals surface area contributed by atoms with Gasteiger partial charge in [-0.3, -0.25) is 9.59 Å². The van der Waals surface area contributed by atoms with Crippen molar-refractivity contribution in [3.05, 3.63) is 11.2 Å². The van der Waals surface area contributed by atoms with Crippen LogP contribution in [0, 0.1) is 0 Å². The Labute approximate surface area is 157 Å². The zero-order chi connectivity index (χ0) is 18.2. The molecular weight excluding hydrogens is 362 g/mol. The second-order valence-corrected chi connectivity index (χ2v) is 7.03. The lowest BCUT2D eigenvalue weighted by molar-refractivity contribution is -0.127. The lowest BCUT2D eigenvalue weighted by Gasteiger charge is -2.20. The summed E-state index contributed by atoms with van der Waals surface area (Å²) >= 11 is 7.28. The summed E-state index contributed by atoms with van der Waals surface area (Å²) in [6, 6.07) is 1.26. The maximum absolute atomic E-state index is 12.1. The van der Waals surface area contributed by atoms with Crippen LogP contribution in [0.4, 0.5) is 5.82 Å². The maximum Gasteiger partial charge on any atom is 0.242 e. The molecule has 2 heterocycles. The van der Waals surface area contributed by atoms with Crippen molar-refractivity contribution in [2.24, 2.45) is 0 Å². The predicted octanol–water partition coefficient (Wildman–Crippen LogP) is 1.85. The van der Waals surface area contributed by atoms with E-state index in [1.807, 2.05) is 13.8 Å². The van der Waals surface area contributed by atoms with Crippen LogP contribution < -0.4 is 15.5 Å². The molecule has 1 aromatic heterocycles. The van der Waals surface area contributed by atoms with E-state index in [0.717, 1.165) is 31.7 Å². The van der Waals surface area contributed by atoms with E-state index in [2.05, 4.69) is 25.5 Å². The second kappa shape index (κ2) is 9.82. The van der Waals surface area contributed by atoms with E-state index in [-0.39, 0.29) is 17.6 Å². The Kier molecular flexibility index (Phi) is 7.77. The predicted molar refractivity (Wildman–Crippen MR) is 100 cm³/mol. The molecule has 1 saturated heterocycles. The molecule has 2 N–H and O–H groups in total. The first-order valence-corrected chi connectivity index (χ1v) is 9.89. The fourth-order valence-corrected chi connectivity index (χ4v) is 3.50. The molecule has 1 aromatic rings. The van der Waals surface area contributed by atoms with Crippen molar-refractivity contribution in [1.29, 1.82) is 0 Å². The van der Waals surface area contributed by atoms with Gasteiger partial charge in [-0.05, 0) is 33.1 Å². The minimum atomic E-state index is -0.456. The number of thioether (sulfide) groups is 1. The Hall–Kier alpha value is -1.54. The first kappa shape index (κ1) is 19.8. The van der Waals surface area contributed by atoms with Crippen LogP contribution in [0.1, 0.15) is 33.1 Å². The van der Waals surface area contributed by atoms with Gasteiger partial charge < -0.3 is 15.5 Å². The van der Waals surface area contributed by atoms with Crippen LogP contribution >= 0.6 is 23.4 Å². The molecule has 0 saturated carbocycles. The first-order valence-electron chi connectivity index (χ1n) is 8.52. The van der Waals surface area contributed by atoms with Crippen LogP contribution in [0.2, 0.25) is 5.15 Å². The van der Waals surface area contributed by atoms with E-state index in [4.69, 9.17) is 11.6 Å². The second-order valence-electron chi connectivity index (χ2n) is 5.70. The minimum Gasteiger partial charge on any atom is -0.357 e. The van der Waals surface area contributed by atoms with Gasteiger partial charge in [0.15, 0.2) is 5.16 Å². The Morgan fingerprint density at radius 3 is 2.88 bits per heavy atom. The van der Waals surface area contributed by atoms with Gasteiger partial charge in [0.1, 0.15) is 17.0 Å². The van der Waals surface area contributed by atoms with Gasteiger partial charge in [-0.1, -0.05) is 23.4 Å². The number of hydrogen-bond acceptors (Lipinski definition) is 6. The highest BCUT2D eigenvalue weighted by Crippen LogP contribution is 2.21. The third kappa shape index (κ3) is 6.04. The number of rotatable bonds is 7. The van der Waals surface area contributed by atoms with Gasteiger partial charge in [0.25, 0.3) is 0 Å². The summed E-state index contributed by atoms with van der Waals surface area (Å²) in [7, 11) is 0. The summed E-state index contributed by atoms with van der Waals surface area (Å²) in [5.41, 5.74) is 0. The van der Waals surface area contributed by atoms with Gasteiger partial charge in [-0.15, -0.1) is 0 Å². The van der Waals surface area contributed by atoms with Crippen LogP contribution in [-0.2, 0) is 9.59 Å². The molecule has 9 heteroatoms. The number of anilines is 1. The normalized spacial score (nSPS) is 17.6. The third-order valence-electron chi connectivity index (χ3n) is 3.95. The van der Waals surface area contributed by atoms with E-state index in [9.17, 15) is 9.59 Å². The van der Waals surface area contributed by atoms with Gasteiger partial charge in [0.2, 0.25) is 11.8 Å². The molecule has 1 unspecified atom stereocenters.